The van der Waals surface area contributed by atoms with Crippen molar-refractivity contribution in [3.05, 3.63) is 59.1 Å². The number of carbonyl (C=O) groups is 1. The van der Waals surface area contributed by atoms with E-state index in [1.165, 1.54) is 0 Å². The minimum Gasteiger partial charge on any atom is -0.491 e. The van der Waals surface area contributed by atoms with Crippen molar-refractivity contribution in [1.82, 2.24) is 0 Å². The molecule has 0 saturated heterocycles. The maximum atomic E-state index is 12.6. The lowest BCUT2D eigenvalue weighted by Gasteiger charge is -2.22. The van der Waals surface area contributed by atoms with Crippen LogP contribution in [0.15, 0.2) is 48.5 Å². The van der Waals surface area contributed by atoms with E-state index in [0.717, 1.165) is 12.1 Å². The second kappa shape index (κ2) is 5.55. The molecule has 0 aliphatic carbocycles. The summed E-state index contributed by atoms with van der Waals surface area (Å²) >= 11 is 5.99. The maximum Gasteiger partial charge on any atom is 0.258 e. The highest BCUT2D eigenvalue weighted by Gasteiger charge is 2.23. The minimum absolute atomic E-state index is 0.0142. The number of hydrogen-bond donors (Lipinski definition) is 0. The number of ether oxygens (including phenoxy) is 1. The third-order valence-electron chi connectivity index (χ3n) is 3.26. The normalized spacial score (nSPS) is 14.2. The number of halogens is 1. The van der Waals surface area contributed by atoms with E-state index >= 15 is 0 Å². The van der Waals surface area contributed by atoms with Crippen molar-refractivity contribution < 1.29 is 9.53 Å². The number of rotatable bonds is 1. The second-order valence-corrected chi connectivity index (χ2v) is 5.07. The van der Waals surface area contributed by atoms with Crippen molar-refractivity contribution in [3.8, 4) is 5.75 Å². The Kier molecular flexibility index (Phi) is 3.61. The average molecular weight is 288 g/mol. The Hall–Kier alpha value is -2.00. The quantitative estimate of drug-likeness (QED) is 0.799. The number of amides is 1. The Morgan fingerprint density at radius 2 is 1.95 bits per heavy atom. The van der Waals surface area contributed by atoms with Gasteiger partial charge >= 0.3 is 0 Å². The van der Waals surface area contributed by atoms with Crippen LogP contribution in [0.25, 0.3) is 0 Å². The van der Waals surface area contributed by atoms with Gasteiger partial charge in [-0.15, -0.1) is 0 Å². The van der Waals surface area contributed by atoms with E-state index in [4.69, 9.17) is 16.3 Å². The summed E-state index contributed by atoms with van der Waals surface area (Å²) in [5.41, 5.74) is 1.45. The largest absolute Gasteiger partial charge is 0.491 e. The van der Waals surface area contributed by atoms with Crippen molar-refractivity contribution in [2.45, 2.75) is 6.42 Å². The van der Waals surface area contributed by atoms with Crippen molar-refractivity contribution in [1.29, 1.82) is 0 Å². The number of anilines is 1. The van der Waals surface area contributed by atoms with E-state index in [-0.39, 0.29) is 5.91 Å². The van der Waals surface area contributed by atoms with Crippen LogP contribution in [0, 0.1) is 0 Å². The van der Waals surface area contributed by atoms with E-state index in [2.05, 4.69) is 0 Å². The summed E-state index contributed by atoms with van der Waals surface area (Å²) in [4.78, 5) is 14.4. The van der Waals surface area contributed by atoms with Gasteiger partial charge in [-0.1, -0.05) is 29.8 Å². The Bertz CT molecular complexity index is 628. The highest BCUT2D eigenvalue weighted by Crippen LogP contribution is 2.34. The standard InChI is InChI=1S/C16H14ClNO2/c17-13-7-8-14-15(11-13)20-10-4-9-18(14)16(19)12-5-2-1-3-6-12/h1-3,5-8,11H,4,9-10H2. The fourth-order valence-electron chi connectivity index (χ4n) is 2.30. The van der Waals surface area contributed by atoms with E-state index in [1.54, 1.807) is 17.0 Å². The molecule has 2 aromatic carbocycles. The molecule has 0 radical (unpaired) electrons. The molecule has 1 amide bonds. The predicted molar refractivity (Wildman–Crippen MR) is 79.7 cm³/mol. The van der Waals surface area contributed by atoms with Crippen LogP contribution in [-0.2, 0) is 0 Å². The highest BCUT2D eigenvalue weighted by atomic mass is 35.5. The summed E-state index contributed by atoms with van der Waals surface area (Å²) in [5, 5.41) is 0.609. The van der Waals surface area contributed by atoms with Crippen LogP contribution < -0.4 is 9.64 Å². The molecule has 3 rings (SSSR count). The second-order valence-electron chi connectivity index (χ2n) is 4.64. The first kappa shape index (κ1) is 13.0. The van der Waals surface area contributed by atoms with Gasteiger partial charge in [-0.05, 0) is 30.7 Å². The summed E-state index contributed by atoms with van der Waals surface area (Å²) in [6, 6.07) is 14.6. The maximum absolute atomic E-state index is 12.6. The van der Waals surface area contributed by atoms with Crippen molar-refractivity contribution in [2.24, 2.45) is 0 Å². The first-order valence-corrected chi connectivity index (χ1v) is 6.93. The van der Waals surface area contributed by atoms with Gasteiger partial charge < -0.3 is 9.64 Å². The lowest BCUT2D eigenvalue weighted by Crippen LogP contribution is -2.31. The molecule has 0 fully saturated rings. The molecule has 0 aromatic heterocycles. The molecule has 20 heavy (non-hydrogen) atoms. The van der Waals surface area contributed by atoms with Gasteiger partial charge in [-0.25, -0.2) is 0 Å². The zero-order valence-corrected chi connectivity index (χ0v) is 11.6. The molecule has 4 heteroatoms. The minimum atomic E-state index is -0.0142. The number of benzene rings is 2. The van der Waals surface area contributed by atoms with Gasteiger partial charge in [0.05, 0.1) is 12.3 Å². The Balaban J connectivity index is 2.00. The van der Waals surface area contributed by atoms with Crippen LogP contribution in [0.1, 0.15) is 16.8 Å². The molecule has 102 valence electrons. The molecule has 0 atom stereocenters. The van der Waals surface area contributed by atoms with Crippen LogP contribution >= 0.6 is 11.6 Å². The fraction of sp³-hybridized carbons (Fsp3) is 0.188. The lowest BCUT2D eigenvalue weighted by molar-refractivity contribution is 0.0987. The zero-order chi connectivity index (χ0) is 13.9. The number of nitrogens with zero attached hydrogens (tertiary/aromatic N) is 1. The third-order valence-corrected chi connectivity index (χ3v) is 3.50. The fourth-order valence-corrected chi connectivity index (χ4v) is 2.46. The van der Waals surface area contributed by atoms with Crippen molar-refractivity contribution in [2.75, 3.05) is 18.1 Å². The van der Waals surface area contributed by atoms with Crippen LogP contribution in [0.5, 0.6) is 5.75 Å². The van der Waals surface area contributed by atoms with Gasteiger partial charge in [-0.3, -0.25) is 4.79 Å². The van der Waals surface area contributed by atoms with Crippen molar-refractivity contribution in [3.63, 3.8) is 0 Å². The van der Waals surface area contributed by atoms with E-state index in [1.807, 2.05) is 36.4 Å². The molecular formula is C16H14ClNO2. The topological polar surface area (TPSA) is 29.5 Å². The number of hydrogen-bond acceptors (Lipinski definition) is 2. The Morgan fingerprint density at radius 3 is 2.75 bits per heavy atom. The molecule has 0 bridgehead atoms. The predicted octanol–water partition coefficient (Wildman–Crippen LogP) is 3.77. The van der Waals surface area contributed by atoms with Crippen LogP contribution in [-0.4, -0.2) is 19.1 Å². The monoisotopic (exact) mass is 287 g/mol. The third kappa shape index (κ3) is 2.49. The number of fused-ring (bicyclic) bond motifs is 1. The van der Waals surface area contributed by atoms with Gasteiger partial charge in [0.25, 0.3) is 5.91 Å². The molecule has 1 heterocycles. The first-order valence-electron chi connectivity index (χ1n) is 6.55. The number of carbonyl (C=O) groups excluding carboxylic acids is 1. The van der Waals surface area contributed by atoms with Gasteiger partial charge in [0.15, 0.2) is 0 Å². The zero-order valence-electron chi connectivity index (χ0n) is 10.9. The van der Waals surface area contributed by atoms with Crippen LogP contribution in [0.2, 0.25) is 5.02 Å². The molecule has 0 saturated carbocycles. The average Bonchev–Trinajstić information content (AvgIpc) is 2.69. The van der Waals surface area contributed by atoms with Gasteiger partial charge in [0.2, 0.25) is 0 Å². The molecule has 1 aliphatic rings. The van der Waals surface area contributed by atoms with E-state index < -0.39 is 0 Å². The molecule has 2 aromatic rings. The van der Waals surface area contributed by atoms with Crippen LogP contribution in [0.4, 0.5) is 5.69 Å². The van der Waals surface area contributed by atoms with E-state index in [9.17, 15) is 4.79 Å². The summed E-state index contributed by atoms with van der Waals surface area (Å²) in [5.74, 6) is 0.652. The van der Waals surface area contributed by atoms with Gasteiger partial charge in [0.1, 0.15) is 5.75 Å². The molecule has 0 spiro atoms. The molecule has 3 nitrogen and oxygen atoms in total. The smallest absolute Gasteiger partial charge is 0.258 e. The summed E-state index contributed by atoms with van der Waals surface area (Å²) in [7, 11) is 0. The first-order chi connectivity index (χ1) is 9.75. The van der Waals surface area contributed by atoms with E-state index in [0.29, 0.717) is 29.5 Å². The Morgan fingerprint density at radius 1 is 1.15 bits per heavy atom. The Labute approximate surface area is 122 Å². The van der Waals surface area contributed by atoms with Gasteiger partial charge in [-0.2, -0.15) is 0 Å². The molecule has 1 aliphatic heterocycles. The summed E-state index contributed by atoms with van der Waals surface area (Å²) in [6.45, 7) is 1.23. The highest BCUT2D eigenvalue weighted by molar-refractivity contribution is 6.30. The van der Waals surface area contributed by atoms with Gasteiger partial charge in [0, 0.05) is 23.2 Å². The molecule has 0 N–H and O–H groups in total. The summed E-state index contributed by atoms with van der Waals surface area (Å²) < 4.78 is 5.67. The van der Waals surface area contributed by atoms with Crippen molar-refractivity contribution >= 4 is 23.2 Å². The molecular weight excluding hydrogens is 274 g/mol. The van der Waals surface area contributed by atoms with Crippen LogP contribution in [0.3, 0.4) is 0 Å². The summed E-state index contributed by atoms with van der Waals surface area (Å²) in [6.07, 6.45) is 0.797. The lowest BCUT2D eigenvalue weighted by atomic mass is 10.1. The molecule has 0 unspecified atom stereocenters. The SMILES string of the molecule is O=C(c1ccccc1)N1CCCOc2cc(Cl)ccc21.